The Labute approximate surface area is 108 Å². The van der Waals surface area contributed by atoms with E-state index in [0.29, 0.717) is 0 Å². The highest BCUT2D eigenvalue weighted by atomic mass is 127. The van der Waals surface area contributed by atoms with Crippen molar-refractivity contribution in [3.63, 3.8) is 0 Å². The quantitative estimate of drug-likeness (QED) is 0.199. The van der Waals surface area contributed by atoms with Crippen LogP contribution in [0.4, 0.5) is 0 Å². The van der Waals surface area contributed by atoms with Gasteiger partial charge in [0, 0.05) is 17.6 Å². The molecule has 0 fully saturated rings. The Morgan fingerprint density at radius 3 is 2.20 bits per heavy atom. The first kappa shape index (κ1) is 15.4. The molecule has 2 nitrogen and oxygen atoms in total. The summed E-state index contributed by atoms with van der Waals surface area (Å²) in [5.74, 6) is 0. The van der Waals surface area contributed by atoms with Gasteiger partial charge in [0.05, 0.1) is 0 Å². The molecule has 0 saturated carbocycles. The second-order valence-electron chi connectivity index (χ2n) is 3.22. The van der Waals surface area contributed by atoms with Crippen molar-refractivity contribution in [2.24, 2.45) is 0 Å². The highest BCUT2D eigenvalue weighted by Gasteiger charge is 2.05. The maximum Gasteiger partial charge on any atom is 0.157 e. The summed E-state index contributed by atoms with van der Waals surface area (Å²) in [5, 5.41) is 0. The van der Waals surface area contributed by atoms with E-state index in [1.54, 1.807) is 0 Å². The van der Waals surface area contributed by atoms with Crippen molar-refractivity contribution in [1.29, 1.82) is 0 Å². The third-order valence-electron chi connectivity index (χ3n) is 1.96. The number of hydrogen-bond acceptors (Lipinski definition) is 2. The van der Waals surface area contributed by atoms with Crippen molar-refractivity contribution >= 4 is 22.6 Å². The summed E-state index contributed by atoms with van der Waals surface area (Å²) in [6.45, 7) is 5.48. The monoisotopic (exact) mass is 326 g/mol. The van der Waals surface area contributed by atoms with E-state index in [-0.39, 0.29) is 6.29 Å². The summed E-state index contributed by atoms with van der Waals surface area (Å²) < 4.78 is 12.1. The van der Waals surface area contributed by atoms with Crippen molar-refractivity contribution < 1.29 is 9.47 Å². The Balaban J connectivity index is 3.43. The largest absolute Gasteiger partial charge is 0.353 e. The van der Waals surface area contributed by atoms with Crippen LogP contribution in [0.1, 0.15) is 39.5 Å². The molecule has 90 valence electrons. The van der Waals surface area contributed by atoms with Crippen molar-refractivity contribution in [1.82, 2.24) is 0 Å². The standard InChI is InChI=1S/C12H23IO2/c1-3-14-12(15-4-2)10-8-6-5-7-9-11-13/h5,7,12H,3-4,6,8-11H2,1-2H3/b7-5+. The van der Waals surface area contributed by atoms with E-state index in [0.717, 1.165) is 32.5 Å². The van der Waals surface area contributed by atoms with Gasteiger partial charge in [-0.15, -0.1) is 0 Å². The van der Waals surface area contributed by atoms with Gasteiger partial charge in [0.1, 0.15) is 0 Å². The topological polar surface area (TPSA) is 18.5 Å². The molecular weight excluding hydrogens is 303 g/mol. The van der Waals surface area contributed by atoms with Crippen LogP contribution in [0, 0.1) is 0 Å². The second kappa shape index (κ2) is 12.5. The molecule has 0 spiro atoms. The summed E-state index contributed by atoms with van der Waals surface area (Å²) in [4.78, 5) is 0. The maximum atomic E-state index is 5.46. The molecular formula is C12H23IO2. The second-order valence-corrected chi connectivity index (χ2v) is 4.30. The molecule has 0 aliphatic rings. The van der Waals surface area contributed by atoms with Crippen molar-refractivity contribution in [3.05, 3.63) is 12.2 Å². The van der Waals surface area contributed by atoms with Gasteiger partial charge < -0.3 is 9.47 Å². The molecule has 0 rings (SSSR count). The average Bonchev–Trinajstić information content (AvgIpc) is 2.24. The molecule has 0 aliphatic carbocycles. The fraction of sp³-hybridized carbons (Fsp3) is 0.833. The summed E-state index contributed by atoms with van der Waals surface area (Å²) >= 11 is 2.39. The molecule has 0 atom stereocenters. The molecule has 0 amide bonds. The van der Waals surface area contributed by atoms with Gasteiger partial charge in [0.2, 0.25) is 0 Å². The van der Waals surface area contributed by atoms with E-state index in [1.165, 1.54) is 10.8 Å². The van der Waals surface area contributed by atoms with Gasteiger partial charge in [-0.25, -0.2) is 0 Å². The van der Waals surface area contributed by atoms with Crippen LogP contribution in [-0.2, 0) is 9.47 Å². The Kier molecular flexibility index (Phi) is 12.8. The molecule has 15 heavy (non-hydrogen) atoms. The summed E-state index contributed by atoms with van der Waals surface area (Å²) in [5.41, 5.74) is 0. The zero-order valence-corrected chi connectivity index (χ0v) is 12.0. The summed E-state index contributed by atoms with van der Waals surface area (Å²) in [6, 6.07) is 0. The third-order valence-corrected chi connectivity index (χ3v) is 2.58. The lowest BCUT2D eigenvalue weighted by atomic mass is 10.2. The van der Waals surface area contributed by atoms with Gasteiger partial charge in [-0.05, 0) is 39.5 Å². The lowest BCUT2D eigenvalue weighted by Crippen LogP contribution is -2.16. The summed E-state index contributed by atoms with van der Waals surface area (Å²) in [7, 11) is 0. The molecule has 0 radical (unpaired) electrons. The number of halogens is 1. The molecule has 0 aromatic carbocycles. The number of allylic oxidation sites excluding steroid dienone is 2. The van der Waals surface area contributed by atoms with E-state index in [2.05, 4.69) is 34.7 Å². The van der Waals surface area contributed by atoms with Crippen LogP contribution in [0.25, 0.3) is 0 Å². The van der Waals surface area contributed by atoms with Crippen LogP contribution in [0.15, 0.2) is 12.2 Å². The van der Waals surface area contributed by atoms with Crippen molar-refractivity contribution in [3.8, 4) is 0 Å². The van der Waals surface area contributed by atoms with E-state index < -0.39 is 0 Å². The smallest absolute Gasteiger partial charge is 0.157 e. The van der Waals surface area contributed by atoms with Crippen molar-refractivity contribution in [2.75, 3.05) is 17.6 Å². The Morgan fingerprint density at radius 2 is 1.67 bits per heavy atom. The molecule has 0 heterocycles. The molecule has 0 unspecified atom stereocenters. The fourth-order valence-corrected chi connectivity index (χ4v) is 1.65. The zero-order chi connectivity index (χ0) is 11.4. The van der Waals surface area contributed by atoms with Crippen molar-refractivity contribution in [2.45, 2.75) is 45.8 Å². The van der Waals surface area contributed by atoms with Gasteiger partial charge in [-0.3, -0.25) is 0 Å². The highest BCUT2D eigenvalue weighted by molar-refractivity contribution is 14.1. The molecule has 0 bridgehead atoms. The van der Waals surface area contributed by atoms with E-state index in [1.807, 2.05) is 13.8 Å². The zero-order valence-electron chi connectivity index (χ0n) is 9.88. The first-order valence-corrected chi connectivity index (χ1v) is 7.31. The van der Waals surface area contributed by atoms with Crippen LogP contribution in [0.2, 0.25) is 0 Å². The summed E-state index contributed by atoms with van der Waals surface area (Å²) in [6.07, 6.45) is 8.96. The lowest BCUT2D eigenvalue weighted by Gasteiger charge is -2.15. The first-order chi connectivity index (χ1) is 7.35. The number of hydrogen-bond donors (Lipinski definition) is 0. The van der Waals surface area contributed by atoms with Crippen LogP contribution >= 0.6 is 22.6 Å². The molecule has 0 aliphatic heterocycles. The van der Waals surface area contributed by atoms with Gasteiger partial charge in [0.15, 0.2) is 6.29 Å². The van der Waals surface area contributed by atoms with Crippen LogP contribution in [0.3, 0.4) is 0 Å². The van der Waals surface area contributed by atoms with E-state index >= 15 is 0 Å². The molecule has 0 aromatic rings. The third kappa shape index (κ3) is 10.7. The number of rotatable bonds is 10. The SMILES string of the molecule is CCOC(CCC/C=C/CCI)OCC. The van der Waals surface area contributed by atoms with Gasteiger partial charge >= 0.3 is 0 Å². The van der Waals surface area contributed by atoms with E-state index in [4.69, 9.17) is 9.47 Å². The average molecular weight is 326 g/mol. The number of unbranched alkanes of at least 4 members (excludes halogenated alkanes) is 1. The molecule has 0 N–H and O–H groups in total. The molecule has 3 heteroatoms. The minimum atomic E-state index is -0.00187. The normalized spacial score (nSPS) is 11.7. The molecule has 0 saturated heterocycles. The number of alkyl halides is 1. The fourth-order valence-electron chi connectivity index (χ4n) is 1.29. The van der Waals surface area contributed by atoms with Gasteiger partial charge in [0.25, 0.3) is 0 Å². The van der Waals surface area contributed by atoms with Crippen LogP contribution in [-0.4, -0.2) is 23.9 Å². The maximum absolute atomic E-state index is 5.46. The van der Waals surface area contributed by atoms with E-state index in [9.17, 15) is 0 Å². The Morgan fingerprint density at radius 1 is 1.07 bits per heavy atom. The molecule has 0 aromatic heterocycles. The first-order valence-electron chi connectivity index (χ1n) is 5.79. The number of ether oxygens (including phenoxy) is 2. The minimum Gasteiger partial charge on any atom is -0.353 e. The predicted octanol–water partition coefficient (Wildman–Crippen LogP) is 3.94. The predicted molar refractivity (Wildman–Crippen MR) is 73.5 cm³/mol. The lowest BCUT2D eigenvalue weighted by molar-refractivity contribution is -0.139. The Hall–Kier alpha value is 0.390. The van der Waals surface area contributed by atoms with Gasteiger partial charge in [-0.2, -0.15) is 0 Å². The van der Waals surface area contributed by atoms with Gasteiger partial charge in [-0.1, -0.05) is 34.7 Å². The Bertz CT molecular complexity index is 143. The minimum absolute atomic E-state index is 0.00187. The highest BCUT2D eigenvalue weighted by Crippen LogP contribution is 2.07. The van der Waals surface area contributed by atoms with Crippen LogP contribution < -0.4 is 0 Å². The van der Waals surface area contributed by atoms with Crippen LogP contribution in [0.5, 0.6) is 0 Å².